The minimum atomic E-state index is 1.13. The fraction of sp³-hybridized carbons (Fsp3) is 0. The molecule has 0 aliphatic rings. The van der Waals surface area contributed by atoms with Gasteiger partial charge < -0.3 is 4.98 Å². The van der Waals surface area contributed by atoms with Gasteiger partial charge in [-0.25, -0.2) is 4.98 Å². The average Bonchev–Trinajstić information content (AvgIpc) is 2.56. The first-order chi connectivity index (χ1) is 6.45. The third-order valence-electron chi connectivity index (χ3n) is 2.24. The average molecular weight is 170 g/mol. The van der Waals surface area contributed by atoms with Gasteiger partial charge in [0.1, 0.15) is 0 Å². The molecule has 0 amide bonds. The molecular formula is C10H8N3+. The molecule has 0 radical (unpaired) electrons. The van der Waals surface area contributed by atoms with Gasteiger partial charge in [0.05, 0.1) is 10.9 Å². The van der Waals surface area contributed by atoms with Crippen molar-refractivity contribution >= 4 is 21.8 Å². The van der Waals surface area contributed by atoms with Crippen molar-refractivity contribution in [3.05, 3.63) is 36.9 Å². The topological polar surface area (TPSA) is 42.8 Å². The van der Waals surface area contributed by atoms with Crippen molar-refractivity contribution in [1.29, 1.82) is 0 Å². The van der Waals surface area contributed by atoms with Gasteiger partial charge in [0.2, 0.25) is 0 Å². The molecule has 0 fully saturated rings. The van der Waals surface area contributed by atoms with Gasteiger partial charge in [0.15, 0.2) is 12.4 Å². The maximum absolute atomic E-state index is 4.10. The summed E-state index contributed by atoms with van der Waals surface area (Å²) in [6.45, 7) is 0. The number of fused-ring (bicyclic) bond motifs is 3. The zero-order valence-corrected chi connectivity index (χ0v) is 6.91. The summed E-state index contributed by atoms with van der Waals surface area (Å²) in [6, 6.07) is 4.00. The fourth-order valence-corrected chi connectivity index (χ4v) is 1.63. The predicted molar refractivity (Wildman–Crippen MR) is 50.2 cm³/mol. The van der Waals surface area contributed by atoms with Gasteiger partial charge in [-0.15, -0.1) is 0 Å². The van der Waals surface area contributed by atoms with Crippen molar-refractivity contribution in [3.8, 4) is 0 Å². The maximum Gasteiger partial charge on any atom is 0.177 e. The Labute approximate surface area is 74.4 Å². The fourth-order valence-electron chi connectivity index (χ4n) is 1.63. The van der Waals surface area contributed by atoms with E-state index in [1.807, 2.05) is 30.7 Å². The molecule has 3 heterocycles. The first kappa shape index (κ1) is 6.60. The van der Waals surface area contributed by atoms with Crippen LogP contribution in [-0.2, 0) is 0 Å². The summed E-state index contributed by atoms with van der Waals surface area (Å²) < 4.78 is 0. The molecule has 3 heteroatoms. The molecule has 3 rings (SSSR count). The van der Waals surface area contributed by atoms with Crippen molar-refractivity contribution in [1.82, 2.24) is 9.97 Å². The van der Waals surface area contributed by atoms with Gasteiger partial charge in [-0.05, 0) is 6.07 Å². The molecule has 2 N–H and O–H groups in total. The molecule has 3 aromatic heterocycles. The van der Waals surface area contributed by atoms with E-state index in [1.54, 1.807) is 6.20 Å². The molecule has 0 aliphatic heterocycles. The van der Waals surface area contributed by atoms with Gasteiger partial charge in [0, 0.05) is 29.4 Å². The Morgan fingerprint density at radius 1 is 1.15 bits per heavy atom. The molecule has 0 unspecified atom stereocenters. The number of hydrogen-bond acceptors (Lipinski definition) is 1. The van der Waals surface area contributed by atoms with Gasteiger partial charge in [-0.1, -0.05) is 0 Å². The minimum Gasteiger partial charge on any atom is -0.354 e. The zero-order valence-electron chi connectivity index (χ0n) is 6.91. The molecule has 13 heavy (non-hydrogen) atoms. The second kappa shape index (κ2) is 2.29. The zero-order chi connectivity index (χ0) is 8.67. The minimum absolute atomic E-state index is 1.13. The Morgan fingerprint density at radius 3 is 3.08 bits per heavy atom. The molecule has 0 bridgehead atoms. The number of hydrogen-bond donors (Lipinski definition) is 1. The summed E-state index contributed by atoms with van der Waals surface area (Å²) in [5.74, 6) is 0. The normalized spacial score (nSPS) is 11.1. The summed E-state index contributed by atoms with van der Waals surface area (Å²) in [6.07, 6.45) is 7.56. The second-order valence-corrected chi connectivity index (χ2v) is 3.02. The lowest BCUT2D eigenvalue weighted by molar-refractivity contribution is -0.375. The molecule has 0 saturated carbocycles. The summed E-state index contributed by atoms with van der Waals surface area (Å²) >= 11 is 0. The van der Waals surface area contributed by atoms with Crippen molar-refractivity contribution in [2.24, 2.45) is 0 Å². The summed E-state index contributed by atoms with van der Waals surface area (Å²) in [7, 11) is 0. The lowest BCUT2D eigenvalue weighted by Gasteiger charge is -1.84. The largest absolute Gasteiger partial charge is 0.354 e. The van der Waals surface area contributed by atoms with E-state index in [1.165, 1.54) is 5.39 Å². The van der Waals surface area contributed by atoms with Gasteiger partial charge in [0.25, 0.3) is 0 Å². The van der Waals surface area contributed by atoms with E-state index in [4.69, 9.17) is 0 Å². The number of aromatic nitrogens is 3. The van der Waals surface area contributed by atoms with Crippen LogP contribution in [0.5, 0.6) is 0 Å². The van der Waals surface area contributed by atoms with E-state index in [9.17, 15) is 0 Å². The second-order valence-electron chi connectivity index (χ2n) is 3.02. The van der Waals surface area contributed by atoms with Crippen LogP contribution < -0.4 is 4.98 Å². The van der Waals surface area contributed by atoms with E-state index in [2.05, 4.69) is 15.0 Å². The van der Waals surface area contributed by atoms with Crippen LogP contribution in [0, 0.1) is 0 Å². The monoisotopic (exact) mass is 170 g/mol. The van der Waals surface area contributed by atoms with E-state index >= 15 is 0 Å². The highest BCUT2D eigenvalue weighted by Crippen LogP contribution is 2.21. The van der Waals surface area contributed by atoms with Gasteiger partial charge in [-0.2, -0.15) is 0 Å². The Morgan fingerprint density at radius 2 is 2.08 bits per heavy atom. The first-order valence-corrected chi connectivity index (χ1v) is 4.17. The van der Waals surface area contributed by atoms with Crippen LogP contribution >= 0.6 is 0 Å². The van der Waals surface area contributed by atoms with E-state index < -0.39 is 0 Å². The summed E-state index contributed by atoms with van der Waals surface area (Å²) in [5.41, 5.74) is 2.27. The summed E-state index contributed by atoms with van der Waals surface area (Å²) in [4.78, 5) is 10.5. The molecule has 0 atom stereocenters. The van der Waals surface area contributed by atoms with Crippen LogP contribution in [-0.4, -0.2) is 9.97 Å². The highest BCUT2D eigenvalue weighted by Gasteiger charge is 2.04. The summed E-state index contributed by atoms with van der Waals surface area (Å²) in [5, 5.41) is 2.35. The number of aromatic amines is 2. The highest BCUT2D eigenvalue weighted by atomic mass is 14.7. The molecule has 3 nitrogen and oxygen atoms in total. The van der Waals surface area contributed by atoms with Crippen molar-refractivity contribution < 1.29 is 4.98 Å². The standard InChI is InChI=1S/C10H7N3/c1-3-11-5-7-8-6-12-4-2-10(8)13-9(1)7/h1-6,13H/p+1. The van der Waals surface area contributed by atoms with Crippen LogP contribution in [0.3, 0.4) is 0 Å². The molecule has 0 aliphatic carbocycles. The van der Waals surface area contributed by atoms with Gasteiger partial charge in [-0.3, -0.25) is 4.98 Å². The van der Waals surface area contributed by atoms with Crippen molar-refractivity contribution in [2.45, 2.75) is 0 Å². The van der Waals surface area contributed by atoms with Crippen molar-refractivity contribution in [2.75, 3.05) is 0 Å². The highest BCUT2D eigenvalue weighted by molar-refractivity contribution is 6.05. The van der Waals surface area contributed by atoms with Crippen molar-refractivity contribution in [3.63, 3.8) is 0 Å². The maximum atomic E-state index is 4.10. The molecular weight excluding hydrogens is 162 g/mol. The van der Waals surface area contributed by atoms with Gasteiger partial charge >= 0.3 is 0 Å². The third kappa shape index (κ3) is 0.839. The first-order valence-electron chi connectivity index (χ1n) is 4.17. The smallest absolute Gasteiger partial charge is 0.177 e. The van der Waals surface area contributed by atoms with E-state index in [0.717, 1.165) is 16.4 Å². The van der Waals surface area contributed by atoms with Crippen LogP contribution in [0.15, 0.2) is 36.9 Å². The Balaban J connectivity index is 2.64. The van der Waals surface area contributed by atoms with Crippen LogP contribution in [0.2, 0.25) is 0 Å². The van der Waals surface area contributed by atoms with Crippen LogP contribution in [0.4, 0.5) is 0 Å². The number of H-pyrrole nitrogens is 2. The number of nitrogens with one attached hydrogen (secondary N) is 2. The molecule has 0 aromatic carbocycles. The SMILES string of the molecule is c1cc2[nH]c3cc[nH+]cc3c2cn1. The molecule has 0 saturated heterocycles. The Bertz CT molecular complexity index is 518. The predicted octanol–water partition coefficient (Wildman–Crippen LogP) is 1.53. The quantitative estimate of drug-likeness (QED) is 0.546. The Kier molecular flexibility index (Phi) is 1.16. The van der Waals surface area contributed by atoms with E-state index in [0.29, 0.717) is 0 Å². The number of pyridine rings is 2. The molecule has 3 aromatic rings. The van der Waals surface area contributed by atoms with Crippen LogP contribution in [0.25, 0.3) is 21.8 Å². The third-order valence-corrected chi connectivity index (χ3v) is 2.24. The molecule has 0 spiro atoms. The Hall–Kier alpha value is -1.90. The lowest BCUT2D eigenvalue weighted by atomic mass is 10.2. The number of rotatable bonds is 0. The van der Waals surface area contributed by atoms with Crippen LogP contribution in [0.1, 0.15) is 0 Å². The van der Waals surface area contributed by atoms with E-state index in [-0.39, 0.29) is 0 Å². The molecule has 62 valence electrons. The number of nitrogens with zero attached hydrogens (tertiary/aromatic N) is 1. The lowest BCUT2D eigenvalue weighted by Crippen LogP contribution is -1.96.